The van der Waals surface area contributed by atoms with Crippen LogP contribution in [0.1, 0.15) is 19.3 Å². The highest BCUT2D eigenvalue weighted by atomic mass is 32.1. The first-order valence-electron chi connectivity index (χ1n) is 5.54. The highest BCUT2D eigenvalue weighted by Crippen LogP contribution is 2.21. The van der Waals surface area contributed by atoms with E-state index in [0.717, 1.165) is 24.2 Å². The Morgan fingerprint density at radius 2 is 2.29 bits per heavy atom. The number of aromatic nitrogens is 1. The van der Waals surface area contributed by atoms with Crippen LogP contribution in [0.2, 0.25) is 0 Å². The van der Waals surface area contributed by atoms with Crippen molar-refractivity contribution in [3.05, 3.63) is 23.7 Å². The van der Waals surface area contributed by atoms with Gasteiger partial charge in [-0.05, 0) is 31.0 Å². The number of benzene rings is 1. The van der Waals surface area contributed by atoms with Crippen molar-refractivity contribution >= 4 is 33.2 Å². The number of rotatable bonds is 6. The number of fused-ring (bicyclic) bond motifs is 1. The molecule has 0 bridgehead atoms. The van der Waals surface area contributed by atoms with Crippen LogP contribution in [0.4, 0.5) is 5.69 Å². The number of nitrogens with one attached hydrogen (secondary N) is 1. The van der Waals surface area contributed by atoms with Gasteiger partial charge in [0.1, 0.15) is 0 Å². The van der Waals surface area contributed by atoms with Crippen LogP contribution < -0.4 is 5.32 Å². The van der Waals surface area contributed by atoms with Crippen molar-refractivity contribution in [1.29, 1.82) is 0 Å². The van der Waals surface area contributed by atoms with Gasteiger partial charge in [0.2, 0.25) is 0 Å². The smallest absolute Gasteiger partial charge is 0.303 e. The molecule has 0 fully saturated rings. The van der Waals surface area contributed by atoms with Gasteiger partial charge in [-0.25, -0.2) is 4.98 Å². The summed E-state index contributed by atoms with van der Waals surface area (Å²) in [4.78, 5) is 14.5. The molecular formula is C12H14N2O2S. The number of carboxylic acid groups (broad SMARTS) is 1. The SMILES string of the molecule is O=C(O)CCCCNc1ccc2ncsc2c1. The Kier molecular flexibility index (Phi) is 3.93. The lowest BCUT2D eigenvalue weighted by atomic mass is 10.2. The van der Waals surface area contributed by atoms with Crippen LogP contribution in [0.3, 0.4) is 0 Å². The monoisotopic (exact) mass is 250 g/mol. The Balaban J connectivity index is 1.80. The van der Waals surface area contributed by atoms with Gasteiger partial charge in [-0.2, -0.15) is 0 Å². The highest BCUT2D eigenvalue weighted by molar-refractivity contribution is 7.16. The van der Waals surface area contributed by atoms with Crippen molar-refractivity contribution in [2.24, 2.45) is 0 Å². The molecule has 2 aromatic rings. The van der Waals surface area contributed by atoms with E-state index in [1.165, 1.54) is 4.70 Å². The number of carbonyl (C=O) groups is 1. The highest BCUT2D eigenvalue weighted by Gasteiger charge is 1.99. The van der Waals surface area contributed by atoms with Gasteiger partial charge in [-0.3, -0.25) is 4.79 Å². The molecule has 4 nitrogen and oxygen atoms in total. The van der Waals surface area contributed by atoms with E-state index in [0.29, 0.717) is 6.42 Å². The first-order valence-corrected chi connectivity index (χ1v) is 6.42. The zero-order valence-electron chi connectivity index (χ0n) is 9.35. The normalized spacial score (nSPS) is 10.6. The molecule has 0 amide bonds. The molecule has 1 aromatic carbocycles. The van der Waals surface area contributed by atoms with Crippen LogP contribution in [0.5, 0.6) is 0 Å². The minimum Gasteiger partial charge on any atom is -0.481 e. The number of hydrogen-bond acceptors (Lipinski definition) is 4. The summed E-state index contributed by atoms with van der Waals surface area (Å²) in [6.45, 7) is 0.803. The third kappa shape index (κ3) is 3.42. The Hall–Kier alpha value is -1.62. The number of thiazole rings is 1. The maximum atomic E-state index is 10.3. The van der Waals surface area contributed by atoms with Crippen molar-refractivity contribution in [2.75, 3.05) is 11.9 Å². The first kappa shape index (κ1) is 11.9. The molecule has 0 aliphatic rings. The molecule has 5 heteroatoms. The Morgan fingerprint density at radius 3 is 3.12 bits per heavy atom. The largest absolute Gasteiger partial charge is 0.481 e. The standard InChI is InChI=1S/C12H14N2O2S/c15-12(16)3-1-2-6-13-9-4-5-10-11(7-9)17-8-14-10/h4-5,7-8,13H,1-3,6H2,(H,15,16). The van der Waals surface area contributed by atoms with Gasteiger partial charge in [-0.1, -0.05) is 0 Å². The number of aliphatic carboxylic acids is 1. The van der Waals surface area contributed by atoms with Crippen molar-refractivity contribution < 1.29 is 9.90 Å². The van der Waals surface area contributed by atoms with Crippen LogP contribution in [0.25, 0.3) is 10.2 Å². The second-order valence-electron chi connectivity index (χ2n) is 3.81. The van der Waals surface area contributed by atoms with Crippen LogP contribution in [0.15, 0.2) is 23.7 Å². The fraction of sp³-hybridized carbons (Fsp3) is 0.333. The first-order chi connectivity index (χ1) is 8.25. The molecule has 17 heavy (non-hydrogen) atoms. The second kappa shape index (κ2) is 5.63. The van der Waals surface area contributed by atoms with E-state index in [1.807, 2.05) is 17.6 Å². The van der Waals surface area contributed by atoms with Crippen molar-refractivity contribution in [2.45, 2.75) is 19.3 Å². The van der Waals surface area contributed by atoms with E-state index in [4.69, 9.17) is 5.11 Å². The predicted octanol–water partition coefficient (Wildman–Crippen LogP) is 2.96. The summed E-state index contributed by atoms with van der Waals surface area (Å²) >= 11 is 1.62. The second-order valence-corrected chi connectivity index (χ2v) is 4.70. The van der Waals surface area contributed by atoms with E-state index >= 15 is 0 Å². The van der Waals surface area contributed by atoms with Crippen LogP contribution >= 0.6 is 11.3 Å². The fourth-order valence-corrected chi connectivity index (χ4v) is 2.32. The molecule has 0 saturated carbocycles. The van der Waals surface area contributed by atoms with Gasteiger partial charge in [0.25, 0.3) is 0 Å². The maximum absolute atomic E-state index is 10.3. The van der Waals surface area contributed by atoms with Gasteiger partial charge >= 0.3 is 5.97 Å². The van der Waals surface area contributed by atoms with Gasteiger partial charge in [-0.15, -0.1) is 11.3 Å². The molecule has 0 radical (unpaired) electrons. The molecule has 0 saturated heterocycles. The summed E-state index contributed by atoms with van der Waals surface area (Å²) in [6, 6.07) is 6.06. The molecule has 90 valence electrons. The van der Waals surface area contributed by atoms with Crippen molar-refractivity contribution in [3.8, 4) is 0 Å². The molecule has 1 aromatic heterocycles. The number of carboxylic acids is 1. The molecule has 0 spiro atoms. The van der Waals surface area contributed by atoms with Crippen molar-refractivity contribution in [1.82, 2.24) is 4.98 Å². The van der Waals surface area contributed by atoms with E-state index in [1.54, 1.807) is 11.3 Å². The molecule has 0 unspecified atom stereocenters. The van der Waals surface area contributed by atoms with Crippen LogP contribution in [-0.4, -0.2) is 22.6 Å². The summed E-state index contributed by atoms with van der Waals surface area (Å²) in [5.74, 6) is -0.726. The molecular weight excluding hydrogens is 236 g/mol. The lowest BCUT2D eigenvalue weighted by molar-refractivity contribution is -0.137. The van der Waals surface area contributed by atoms with E-state index in [2.05, 4.69) is 16.4 Å². The predicted molar refractivity (Wildman–Crippen MR) is 69.6 cm³/mol. The molecule has 2 rings (SSSR count). The van der Waals surface area contributed by atoms with E-state index in [-0.39, 0.29) is 6.42 Å². The van der Waals surface area contributed by atoms with Crippen LogP contribution in [0, 0.1) is 0 Å². The number of unbranched alkanes of at least 4 members (excludes halogenated alkanes) is 1. The number of anilines is 1. The fourth-order valence-electron chi connectivity index (χ4n) is 1.60. The molecule has 0 aliphatic carbocycles. The Morgan fingerprint density at radius 1 is 1.41 bits per heavy atom. The summed E-state index contributed by atoms with van der Waals surface area (Å²) in [6.07, 6.45) is 1.83. The Labute approximate surface area is 103 Å². The van der Waals surface area contributed by atoms with Gasteiger partial charge in [0, 0.05) is 18.7 Å². The molecule has 2 N–H and O–H groups in total. The average Bonchev–Trinajstić information content (AvgIpc) is 2.75. The minimum atomic E-state index is -0.726. The zero-order valence-corrected chi connectivity index (χ0v) is 10.2. The van der Waals surface area contributed by atoms with Crippen LogP contribution in [-0.2, 0) is 4.79 Å². The van der Waals surface area contributed by atoms with E-state index in [9.17, 15) is 4.79 Å². The van der Waals surface area contributed by atoms with Gasteiger partial charge < -0.3 is 10.4 Å². The lowest BCUT2D eigenvalue weighted by Crippen LogP contribution is -2.02. The molecule has 1 heterocycles. The minimum absolute atomic E-state index is 0.246. The summed E-state index contributed by atoms with van der Waals surface area (Å²) in [5, 5.41) is 11.8. The quantitative estimate of drug-likeness (QED) is 0.774. The van der Waals surface area contributed by atoms with Crippen molar-refractivity contribution in [3.63, 3.8) is 0 Å². The average molecular weight is 250 g/mol. The maximum Gasteiger partial charge on any atom is 0.303 e. The summed E-state index contributed by atoms with van der Waals surface area (Å²) in [7, 11) is 0. The third-order valence-corrected chi connectivity index (χ3v) is 3.27. The van der Waals surface area contributed by atoms with E-state index < -0.39 is 5.97 Å². The topological polar surface area (TPSA) is 62.2 Å². The third-order valence-electron chi connectivity index (χ3n) is 2.48. The lowest BCUT2D eigenvalue weighted by Gasteiger charge is -2.05. The van der Waals surface area contributed by atoms with Gasteiger partial charge in [0.05, 0.1) is 15.7 Å². The Bertz CT molecular complexity index is 510. The summed E-state index contributed by atoms with van der Waals surface area (Å²) in [5.41, 5.74) is 3.92. The number of nitrogens with zero attached hydrogens (tertiary/aromatic N) is 1. The van der Waals surface area contributed by atoms with Gasteiger partial charge in [0.15, 0.2) is 0 Å². The molecule has 0 atom stereocenters. The zero-order chi connectivity index (χ0) is 12.1. The number of hydrogen-bond donors (Lipinski definition) is 2. The summed E-state index contributed by atoms with van der Waals surface area (Å²) < 4.78 is 1.17. The molecule has 0 aliphatic heterocycles.